The molecule has 0 aliphatic carbocycles. The number of ether oxygens (including phenoxy) is 1. The van der Waals surface area contributed by atoms with Crippen LogP contribution < -0.4 is 15.4 Å². The first kappa shape index (κ1) is 25.1. The maximum absolute atomic E-state index is 12.5. The Kier molecular flexibility index (Phi) is 10.3. The van der Waals surface area contributed by atoms with Crippen LogP contribution in [0.15, 0.2) is 46.0 Å². The van der Waals surface area contributed by atoms with Gasteiger partial charge < -0.3 is 24.9 Å². The number of benzene rings is 1. The second kappa shape index (κ2) is 11.9. The third-order valence-electron chi connectivity index (χ3n) is 3.70. The lowest BCUT2D eigenvalue weighted by Gasteiger charge is -2.15. The van der Waals surface area contributed by atoms with E-state index in [4.69, 9.17) is 9.15 Å². The van der Waals surface area contributed by atoms with Gasteiger partial charge in [0.05, 0.1) is 19.4 Å². The molecule has 2 rings (SSSR count). The molecule has 162 valence electrons. The number of guanidine groups is 1. The molecule has 2 aromatic rings. The van der Waals surface area contributed by atoms with Crippen LogP contribution in [0, 0.1) is 6.92 Å². The number of alkyl halides is 3. The highest BCUT2D eigenvalue weighted by molar-refractivity contribution is 14.0. The summed E-state index contributed by atoms with van der Waals surface area (Å²) in [4.78, 5) is 4.36. The normalized spacial score (nSPS) is 12.8. The summed E-state index contributed by atoms with van der Waals surface area (Å²) in [7, 11) is 0. The van der Waals surface area contributed by atoms with Gasteiger partial charge in [0.1, 0.15) is 17.6 Å². The molecule has 0 saturated heterocycles. The molecule has 1 unspecified atom stereocenters. The van der Waals surface area contributed by atoms with Gasteiger partial charge in [-0.1, -0.05) is 12.1 Å². The predicted molar refractivity (Wildman–Crippen MR) is 115 cm³/mol. The van der Waals surface area contributed by atoms with Crippen molar-refractivity contribution in [1.29, 1.82) is 0 Å². The third kappa shape index (κ3) is 8.94. The van der Waals surface area contributed by atoms with Crippen LogP contribution in [0.5, 0.6) is 5.75 Å². The number of aliphatic hydroxyl groups excluding tert-OH is 1. The maximum Gasteiger partial charge on any atom is 0.422 e. The van der Waals surface area contributed by atoms with Crippen LogP contribution in [-0.2, 0) is 6.54 Å². The van der Waals surface area contributed by atoms with Crippen molar-refractivity contribution in [3.8, 4) is 5.75 Å². The molecule has 1 atom stereocenters. The van der Waals surface area contributed by atoms with Crippen LogP contribution in [0.4, 0.5) is 13.2 Å². The standard InChI is InChI=1S/C19H24F3N3O3.HI/c1-3-23-18(25-11-15(26)16-5-4-8-27-16)24-10-14-7-6-13(2)9-17(14)28-12-19(20,21)22;/h4-9,15,26H,3,10-12H2,1-2H3,(H2,23,24,25);1H. The average molecular weight is 527 g/mol. The number of furan rings is 1. The summed E-state index contributed by atoms with van der Waals surface area (Å²) in [5.41, 5.74) is 1.31. The molecule has 0 fully saturated rings. The number of rotatable bonds is 8. The summed E-state index contributed by atoms with van der Waals surface area (Å²) in [6.45, 7) is 3.14. The number of halogens is 4. The average Bonchev–Trinajstić information content (AvgIpc) is 3.17. The molecule has 1 aromatic carbocycles. The highest BCUT2D eigenvalue weighted by Gasteiger charge is 2.28. The lowest BCUT2D eigenvalue weighted by molar-refractivity contribution is -0.153. The van der Waals surface area contributed by atoms with E-state index in [1.165, 1.54) is 6.26 Å². The van der Waals surface area contributed by atoms with E-state index >= 15 is 0 Å². The minimum atomic E-state index is -4.41. The summed E-state index contributed by atoms with van der Waals surface area (Å²) in [5, 5.41) is 16.1. The van der Waals surface area contributed by atoms with Crippen molar-refractivity contribution in [3.63, 3.8) is 0 Å². The van der Waals surface area contributed by atoms with Gasteiger partial charge in [-0.25, -0.2) is 4.99 Å². The Hall–Kier alpha value is -1.95. The molecule has 0 aliphatic heterocycles. The molecule has 0 spiro atoms. The first-order chi connectivity index (χ1) is 13.3. The van der Waals surface area contributed by atoms with E-state index in [9.17, 15) is 18.3 Å². The summed E-state index contributed by atoms with van der Waals surface area (Å²) >= 11 is 0. The van der Waals surface area contributed by atoms with E-state index in [-0.39, 0.29) is 42.8 Å². The van der Waals surface area contributed by atoms with Gasteiger partial charge in [0.15, 0.2) is 12.6 Å². The van der Waals surface area contributed by atoms with Crippen LogP contribution in [-0.4, -0.2) is 36.9 Å². The largest absolute Gasteiger partial charge is 0.484 e. The quantitative estimate of drug-likeness (QED) is 0.276. The fraction of sp³-hybridized carbons (Fsp3) is 0.421. The second-order valence-corrected chi connectivity index (χ2v) is 6.12. The second-order valence-electron chi connectivity index (χ2n) is 6.12. The van der Waals surface area contributed by atoms with Crippen molar-refractivity contribution in [3.05, 3.63) is 53.5 Å². The maximum atomic E-state index is 12.5. The molecule has 6 nitrogen and oxygen atoms in total. The minimum Gasteiger partial charge on any atom is -0.484 e. The molecule has 0 amide bonds. The van der Waals surface area contributed by atoms with E-state index in [2.05, 4.69) is 15.6 Å². The first-order valence-corrected chi connectivity index (χ1v) is 8.81. The molecule has 10 heteroatoms. The van der Waals surface area contributed by atoms with E-state index in [0.717, 1.165) is 5.56 Å². The fourth-order valence-corrected chi connectivity index (χ4v) is 2.37. The van der Waals surface area contributed by atoms with Crippen molar-refractivity contribution in [2.75, 3.05) is 19.7 Å². The van der Waals surface area contributed by atoms with Crippen LogP contribution in [0.3, 0.4) is 0 Å². The van der Waals surface area contributed by atoms with Crippen molar-refractivity contribution >= 4 is 29.9 Å². The zero-order valence-corrected chi connectivity index (χ0v) is 18.5. The van der Waals surface area contributed by atoms with Crippen molar-refractivity contribution in [2.24, 2.45) is 4.99 Å². The zero-order valence-electron chi connectivity index (χ0n) is 16.1. The summed E-state index contributed by atoms with van der Waals surface area (Å²) in [6, 6.07) is 8.36. The predicted octanol–water partition coefficient (Wildman–Crippen LogP) is 3.94. The number of hydrogen-bond donors (Lipinski definition) is 3. The van der Waals surface area contributed by atoms with Crippen LogP contribution in [0.2, 0.25) is 0 Å². The highest BCUT2D eigenvalue weighted by atomic mass is 127. The van der Waals surface area contributed by atoms with Crippen LogP contribution >= 0.6 is 24.0 Å². The van der Waals surface area contributed by atoms with E-state index in [1.54, 1.807) is 37.3 Å². The van der Waals surface area contributed by atoms with Gasteiger partial charge in [-0.3, -0.25) is 0 Å². The van der Waals surface area contributed by atoms with Crippen molar-refractivity contribution < 1.29 is 27.4 Å². The Morgan fingerprint density at radius 2 is 2.03 bits per heavy atom. The van der Waals surface area contributed by atoms with Gasteiger partial charge in [-0.2, -0.15) is 13.2 Å². The molecule has 3 N–H and O–H groups in total. The van der Waals surface area contributed by atoms with Crippen molar-refractivity contribution in [1.82, 2.24) is 10.6 Å². The Balaban J connectivity index is 0.00000420. The van der Waals surface area contributed by atoms with E-state index in [1.807, 2.05) is 6.92 Å². The molecule has 0 saturated carbocycles. The first-order valence-electron chi connectivity index (χ1n) is 8.81. The smallest absolute Gasteiger partial charge is 0.422 e. The van der Waals surface area contributed by atoms with Gasteiger partial charge in [-0.05, 0) is 37.6 Å². The molecular weight excluding hydrogens is 502 g/mol. The Morgan fingerprint density at radius 3 is 2.66 bits per heavy atom. The Labute approximate surface area is 184 Å². The minimum absolute atomic E-state index is 0. The topological polar surface area (TPSA) is 79.0 Å². The van der Waals surface area contributed by atoms with Gasteiger partial charge in [-0.15, -0.1) is 24.0 Å². The Bertz CT molecular complexity index is 768. The number of nitrogens with zero attached hydrogens (tertiary/aromatic N) is 1. The lowest BCUT2D eigenvalue weighted by Crippen LogP contribution is -2.39. The SMILES string of the molecule is CCNC(=NCc1ccc(C)cc1OCC(F)(F)F)NCC(O)c1ccco1.I. The summed E-state index contributed by atoms with van der Waals surface area (Å²) < 4.78 is 47.5. The number of nitrogens with one attached hydrogen (secondary N) is 2. The lowest BCUT2D eigenvalue weighted by atomic mass is 10.1. The molecule has 0 aliphatic rings. The molecule has 0 bridgehead atoms. The third-order valence-corrected chi connectivity index (χ3v) is 3.70. The fourth-order valence-electron chi connectivity index (χ4n) is 2.37. The monoisotopic (exact) mass is 527 g/mol. The summed E-state index contributed by atoms with van der Waals surface area (Å²) in [5.74, 6) is 0.979. The Morgan fingerprint density at radius 1 is 1.28 bits per heavy atom. The van der Waals surface area contributed by atoms with E-state index < -0.39 is 18.9 Å². The van der Waals surface area contributed by atoms with Gasteiger partial charge in [0.25, 0.3) is 0 Å². The molecule has 29 heavy (non-hydrogen) atoms. The van der Waals surface area contributed by atoms with Crippen molar-refractivity contribution in [2.45, 2.75) is 32.7 Å². The molecule has 1 heterocycles. The number of aliphatic imine (C=N–C) groups is 1. The number of aryl methyl sites for hydroxylation is 1. The number of hydrogen-bond acceptors (Lipinski definition) is 4. The highest BCUT2D eigenvalue weighted by Crippen LogP contribution is 2.24. The molecule has 1 aromatic heterocycles. The molecular formula is C19H25F3IN3O3. The number of aliphatic hydroxyl groups is 1. The summed E-state index contributed by atoms with van der Waals surface area (Å²) in [6.07, 6.45) is -3.80. The van der Waals surface area contributed by atoms with Crippen LogP contribution in [0.25, 0.3) is 0 Å². The van der Waals surface area contributed by atoms with E-state index in [0.29, 0.717) is 23.8 Å². The molecule has 0 radical (unpaired) electrons. The van der Waals surface area contributed by atoms with Crippen LogP contribution in [0.1, 0.15) is 29.9 Å². The van der Waals surface area contributed by atoms with Gasteiger partial charge in [0, 0.05) is 12.1 Å². The van der Waals surface area contributed by atoms with Gasteiger partial charge >= 0.3 is 6.18 Å². The zero-order chi connectivity index (χ0) is 20.6. The van der Waals surface area contributed by atoms with Gasteiger partial charge in [0.2, 0.25) is 0 Å².